The van der Waals surface area contributed by atoms with E-state index in [1.165, 1.54) is 24.2 Å². The molecule has 0 fully saturated rings. The van der Waals surface area contributed by atoms with Gasteiger partial charge in [0.05, 0.1) is 0 Å². The lowest BCUT2D eigenvalue weighted by Gasteiger charge is -2.21. The van der Waals surface area contributed by atoms with Gasteiger partial charge in [-0.1, -0.05) is 13.8 Å². The molecule has 0 bridgehead atoms. The first-order valence-corrected chi connectivity index (χ1v) is 11.0. The summed E-state index contributed by atoms with van der Waals surface area (Å²) in [6, 6.07) is 5.13. The number of hydrogen-bond acceptors (Lipinski definition) is 2. The van der Waals surface area contributed by atoms with Crippen LogP contribution in [0.2, 0.25) is 24.2 Å². The molecular formula is C12H30O2Si2. The van der Waals surface area contributed by atoms with Crippen LogP contribution in [0, 0.1) is 0 Å². The van der Waals surface area contributed by atoms with E-state index in [0.717, 1.165) is 0 Å². The molecule has 0 spiro atoms. The van der Waals surface area contributed by atoms with Gasteiger partial charge in [-0.25, -0.2) is 0 Å². The van der Waals surface area contributed by atoms with Crippen molar-refractivity contribution in [3.05, 3.63) is 0 Å². The minimum atomic E-state index is -0.931. The average molecular weight is 263 g/mol. The van der Waals surface area contributed by atoms with E-state index in [9.17, 15) is 0 Å². The van der Waals surface area contributed by atoms with Gasteiger partial charge in [-0.05, 0) is 51.9 Å². The van der Waals surface area contributed by atoms with Crippen molar-refractivity contribution < 1.29 is 8.85 Å². The van der Waals surface area contributed by atoms with Gasteiger partial charge in [0.25, 0.3) is 0 Å². The van der Waals surface area contributed by atoms with Crippen LogP contribution in [0.4, 0.5) is 0 Å². The maximum absolute atomic E-state index is 6.00. The predicted octanol–water partition coefficient (Wildman–Crippen LogP) is 3.32. The lowest BCUT2D eigenvalue weighted by atomic mass is 10.5. The molecule has 0 saturated carbocycles. The van der Waals surface area contributed by atoms with Crippen LogP contribution in [0.25, 0.3) is 0 Å². The highest BCUT2D eigenvalue weighted by molar-refractivity contribution is 6.57. The second-order valence-electron chi connectivity index (χ2n) is 5.01. The van der Waals surface area contributed by atoms with Crippen LogP contribution in [0.5, 0.6) is 0 Å². The Morgan fingerprint density at radius 2 is 1.06 bits per heavy atom. The molecule has 98 valence electrons. The smallest absolute Gasteiger partial charge is 0.176 e. The highest BCUT2D eigenvalue weighted by Crippen LogP contribution is 2.14. The second-order valence-corrected chi connectivity index (χ2v) is 10.8. The highest BCUT2D eigenvalue weighted by Gasteiger charge is 2.17. The summed E-state index contributed by atoms with van der Waals surface area (Å²) in [5.41, 5.74) is 0. The highest BCUT2D eigenvalue weighted by atomic mass is 28.3. The van der Waals surface area contributed by atoms with Gasteiger partial charge in [0.15, 0.2) is 18.1 Å². The molecule has 16 heavy (non-hydrogen) atoms. The van der Waals surface area contributed by atoms with Gasteiger partial charge in [-0.3, -0.25) is 0 Å². The molecule has 0 aromatic rings. The van der Waals surface area contributed by atoms with Crippen molar-refractivity contribution in [2.45, 2.75) is 77.9 Å². The van der Waals surface area contributed by atoms with E-state index in [4.69, 9.17) is 8.85 Å². The first kappa shape index (κ1) is 16.4. The largest absolute Gasteiger partial charge is 0.418 e. The van der Waals surface area contributed by atoms with Crippen molar-refractivity contribution in [1.29, 1.82) is 0 Å². The summed E-state index contributed by atoms with van der Waals surface area (Å²) in [5.74, 6) is 0. The molecule has 2 atom stereocenters. The van der Waals surface area contributed by atoms with Crippen LogP contribution in [-0.4, -0.2) is 30.3 Å². The second kappa shape index (κ2) is 9.39. The maximum atomic E-state index is 6.00. The average Bonchev–Trinajstić information content (AvgIpc) is 2.20. The van der Waals surface area contributed by atoms with Crippen molar-refractivity contribution in [1.82, 2.24) is 0 Å². The Balaban J connectivity index is 3.87. The minimum absolute atomic E-state index is 0.407. The Hall–Kier alpha value is 0.354. The van der Waals surface area contributed by atoms with E-state index in [1.807, 2.05) is 0 Å². The molecule has 0 aliphatic heterocycles. The van der Waals surface area contributed by atoms with Gasteiger partial charge >= 0.3 is 0 Å². The van der Waals surface area contributed by atoms with Gasteiger partial charge in [0.1, 0.15) is 0 Å². The summed E-state index contributed by atoms with van der Waals surface area (Å²) >= 11 is 0. The van der Waals surface area contributed by atoms with Gasteiger partial charge in [0.2, 0.25) is 0 Å². The summed E-state index contributed by atoms with van der Waals surface area (Å²) in [6.07, 6.45) is 0.814. The minimum Gasteiger partial charge on any atom is -0.418 e. The summed E-state index contributed by atoms with van der Waals surface area (Å²) in [4.78, 5) is 0. The van der Waals surface area contributed by atoms with E-state index < -0.39 is 18.1 Å². The molecule has 0 aliphatic carbocycles. The normalized spacial score (nSPS) is 15.8. The fourth-order valence-corrected chi connectivity index (χ4v) is 7.87. The van der Waals surface area contributed by atoms with Crippen LogP contribution >= 0.6 is 0 Å². The molecule has 0 N–H and O–H groups in total. The molecule has 2 nitrogen and oxygen atoms in total. The Morgan fingerprint density at radius 3 is 1.25 bits per heavy atom. The molecule has 0 rings (SSSR count). The molecule has 2 unspecified atom stereocenters. The third kappa shape index (κ3) is 8.50. The first-order chi connectivity index (χ1) is 7.49. The molecule has 0 aromatic heterocycles. The third-order valence-electron chi connectivity index (χ3n) is 2.65. The molecule has 0 aromatic carbocycles. The van der Waals surface area contributed by atoms with E-state index in [0.29, 0.717) is 12.2 Å². The van der Waals surface area contributed by atoms with Crippen LogP contribution in [0.1, 0.15) is 41.5 Å². The fraction of sp³-hybridized carbons (Fsp3) is 1.00. The molecule has 0 aliphatic rings. The fourth-order valence-electron chi connectivity index (χ4n) is 1.88. The van der Waals surface area contributed by atoms with Gasteiger partial charge < -0.3 is 8.85 Å². The topological polar surface area (TPSA) is 18.5 Å². The van der Waals surface area contributed by atoms with E-state index in [-0.39, 0.29) is 0 Å². The van der Waals surface area contributed by atoms with E-state index >= 15 is 0 Å². The zero-order valence-electron chi connectivity index (χ0n) is 12.0. The van der Waals surface area contributed by atoms with Crippen molar-refractivity contribution in [3.63, 3.8) is 0 Å². The standard InChI is InChI=1S/C12H30O2Si2/c1-7-15(13-11(3)4)9-10-16(8-2)14-12(5)6/h11-12,15-16H,7-10H2,1-6H3. The van der Waals surface area contributed by atoms with Crippen molar-refractivity contribution in [2.24, 2.45) is 0 Å². The zero-order valence-corrected chi connectivity index (χ0v) is 14.3. The summed E-state index contributed by atoms with van der Waals surface area (Å²) in [6.45, 7) is 13.1. The van der Waals surface area contributed by atoms with Crippen LogP contribution in [0.3, 0.4) is 0 Å². The molecule has 0 saturated heterocycles. The summed E-state index contributed by atoms with van der Waals surface area (Å²) < 4.78 is 12.0. The van der Waals surface area contributed by atoms with Crippen molar-refractivity contribution >= 4 is 18.1 Å². The number of rotatable bonds is 9. The SMILES string of the molecule is CC[SiH](CC[SiH](CC)OC(C)C)OC(C)C. The zero-order chi connectivity index (χ0) is 12.6. The summed E-state index contributed by atoms with van der Waals surface area (Å²) in [5, 5.41) is 0. The van der Waals surface area contributed by atoms with Crippen LogP contribution in [-0.2, 0) is 8.85 Å². The van der Waals surface area contributed by atoms with Gasteiger partial charge in [-0.2, -0.15) is 0 Å². The van der Waals surface area contributed by atoms with Crippen LogP contribution < -0.4 is 0 Å². The lowest BCUT2D eigenvalue weighted by molar-refractivity contribution is 0.236. The lowest BCUT2D eigenvalue weighted by Crippen LogP contribution is -2.26. The molecular weight excluding hydrogens is 232 g/mol. The van der Waals surface area contributed by atoms with E-state index in [1.54, 1.807) is 0 Å². The van der Waals surface area contributed by atoms with Crippen LogP contribution in [0.15, 0.2) is 0 Å². The maximum Gasteiger partial charge on any atom is 0.176 e. The Kier molecular flexibility index (Phi) is 9.60. The predicted molar refractivity (Wildman–Crippen MR) is 77.3 cm³/mol. The first-order valence-electron chi connectivity index (χ1n) is 6.80. The molecule has 4 heteroatoms. The van der Waals surface area contributed by atoms with Crippen molar-refractivity contribution in [3.8, 4) is 0 Å². The molecule has 0 amide bonds. The summed E-state index contributed by atoms with van der Waals surface area (Å²) in [7, 11) is -1.86. The molecule has 0 radical (unpaired) electrons. The quantitative estimate of drug-likeness (QED) is 0.594. The monoisotopic (exact) mass is 262 g/mol. The Bertz CT molecular complexity index is 145. The van der Waals surface area contributed by atoms with Gasteiger partial charge in [-0.15, -0.1) is 0 Å². The van der Waals surface area contributed by atoms with E-state index in [2.05, 4.69) is 41.5 Å². The Morgan fingerprint density at radius 1 is 0.750 bits per heavy atom. The van der Waals surface area contributed by atoms with Crippen molar-refractivity contribution in [2.75, 3.05) is 0 Å². The Labute approximate surface area is 105 Å². The number of hydrogen-bond donors (Lipinski definition) is 0. The third-order valence-corrected chi connectivity index (χ3v) is 8.95. The van der Waals surface area contributed by atoms with Gasteiger partial charge in [0, 0.05) is 12.2 Å². The molecule has 0 heterocycles.